The van der Waals surface area contributed by atoms with Gasteiger partial charge in [-0.05, 0) is 36.4 Å². The lowest BCUT2D eigenvalue weighted by Gasteiger charge is -2.08. The number of anilines is 1. The van der Waals surface area contributed by atoms with E-state index in [9.17, 15) is 9.59 Å². The monoisotopic (exact) mass is 319 g/mol. The number of nitrogens with two attached hydrogens (primary N) is 1. The Morgan fingerprint density at radius 3 is 2.41 bits per heavy atom. The molecule has 0 spiro atoms. The molecule has 7 heteroatoms. The molecule has 0 aliphatic carbocycles. The summed E-state index contributed by atoms with van der Waals surface area (Å²) in [7, 11) is 0. The van der Waals surface area contributed by atoms with Crippen molar-refractivity contribution in [2.24, 2.45) is 5.84 Å². The van der Waals surface area contributed by atoms with Crippen LogP contribution in [0, 0.1) is 0 Å². The molecule has 22 heavy (non-hydrogen) atoms. The number of para-hydroxylation sites is 1. The fraction of sp³-hybridized carbons (Fsp3) is 0.0667. The molecule has 0 fully saturated rings. The maximum atomic E-state index is 12.1. The lowest BCUT2D eigenvalue weighted by molar-refractivity contribution is -0.123. The molecule has 2 aromatic carbocycles. The molecule has 0 bridgehead atoms. The SMILES string of the molecule is NNC(=O)COc1ccc(C(=O)Nc2ccccc2Cl)cc1. The van der Waals surface area contributed by atoms with Gasteiger partial charge in [-0.15, -0.1) is 0 Å². The molecule has 0 atom stereocenters. The van der Waals surface area contributed by atoms with Gasteiger partial charge in [0, 0.05) is 5.56 Å². The predicted molar refractivity (Wildman–Crippen MR) is 83.7 cm³/mol. The minimum Gasteiger partial charge on any atom is -0.484 e. The average molecular weight is 320 g/mol. The zero-order valence-corrected chi connectivity index (χ0v) is 12.3. The largest absolute Gasteiger partial charge is 0.484 e. The first kappa shape index (κ1) is 15.8. The van der Waals surface area contributed by atoms with E-state index < -0.39 is 5.91 Å². The smallest absolute Gasteiger partial charge is 0.271 e. The quantitative estimate of drug-likeness (QED) is 0.446. The Morgan fingerprint density at radius 2 is 1.77 bits per heavy atom. The van der Waals surface area contributed by atoms with E-state index in [1.807, 2.05) is 5.43 Å². The second-order valence-corrected chi connectivity index (χ2v) is 4.72. The first-order valence-electron chi connectivity index (χ1n) is 6.38. The molecule has 0 aromatic heterocycles. The number of nitrogens with one attached hydrogen (secondary N) is 2. The van der Waals surface area contributed by atoms with Gasteiger partial charge in [-0.2, -0.15) is 0 Å². The minimum absolute atomic E-state index is 0.193. The molecule has 114 valence electrons. The third-order valence-corrected chi connectivity index (χ3v) is 3.10. The van der Waals surface area contributed by atoms with Crippen LogP contribution in [0.15, 0.2) is 48.5 Å². The number of hydrazine groups is 1. The van der Waals surface area contributed by atoms with Crippen LogP contribution in [-0.4, -0.2) is 18.4 Å². The number of halogens is 1. The lowest BCUT2D eigenvalue weighted by atomic mass is 10.2. The number of carbonyl (C=O) groups is 2. The summed E-state index contributed by atoms with van der Waals surface area (Å²) >= 11 is 5.98. The molecule has 2 amide bonds. The summed E-state index contributed by atoms with van der Waals surface area (Å²) < 4.78 is 5.19. The summed E-state index contributed by atoms with van der Waals surface area (Å²) in [4.78, 5) is 23.1. The highest BCUT2D eigenvalue weighted by molar-refractivity contribution is 6.33. The van der Waals surface area contributed by atoms with Gasteiger partial charge in [-0.1, -0.05) is 23.7 Å². The summed E-state index contributed by atoms with van der Waals surface area (Å²) in [6.07, 6.45) is 0. The molecular weight excluding hydrogens is 306 g/mol. The highest BCUT2D eigenvalue weighted by Gasteiger charge is 2.08. The standard InChI is InChI=1S/C15H14ClN3O3/c16-12-3-1-2-4-13(12)18-15(21)10-5-7-11(8-6-10)22-9-14(20)19-17/h1-8H,9,17H2,(H,18,21)(H,19,20). The Morgan fingerprint density at radius 1 is 1.09 bits per heavy atom. The van der Waals surface area contributed by atoms with Crippen LogP contribution in [0.4, 0.5) is 5.69 Å². The summed E-state index contributed by atoms with van der Waals surface area (Å²) in [5.74, 6) is 4.66. The Bertz CT molecular complexity index is 674. The first-order valence-corrected chi connectivity index (χ1v) is 6.76. The van der Waals surface area contributed by atoms with Crippen molar-refractivity contribution in [3.05, 3.63) is 59.1 Å². The molecule has 0 aliphatic rings. The summed E-state index contributed by atoms with van der Waals surface area (Å²) in [5, 5.41) is 3.17. The van der Waals surface area contributed by atoms with Gasteiger partial charge >= 0.3 is 0 Å². The third-order valence-electron chi connectivity index (χ3n) is 2.77. The molecule has 4 N–H and O–H groups in total. The van der Waals surface area contributed by atoms with E-state index in [1.165, 1.54) is 0 Å². The van der Waals surface area contributed by atoms with E-state index in [0.29, 0.717) is 22.0 Å². The maximum Gasteiger partial charge on any atom is 0.271 e. The number of hydrogen-bond acceptors (Lipinski definition) is 4. The number of hydrogen-bond donors (Lipinski definition) is 3. The van der Waals surface area contributed by atoms with Crippen molar-refractivity contribution in [3.8, 4) is 5.75 Å². The molecule has 0 unspecified atom stereocenters. The molecule has 0 heterocycles. The van der Waals surface area contributed by atoms with Gasteiger partial charge in [-0.3, -0.25) is 15.0 Å². The van der Waals surface area contributed by atoms with Crippen LogP contribution in [0.1, 0.15) is 10.4 Å². The maximum absolute atomic E-state index is 12.1. The fourth-order valence-corrected chi connectivity index (χ4v) is 1.83. The number of carbonyl (C=O) groups excluding carboxylic acids is 2. The van der Waals surface area contributed by atoms with Crippen LogP contribution in [0.25, 0.3) is 0 Å². The molecule has 0 saturated carbocycles. The van der Waals surface area contributed by atoms with Gasteiger partial charge in [-0.25, -0.2) is 5.84 Å². The van der Waals surface area contributed by atoms with Crippen molar-refractivity contribution in [3.63, 3.8) is 0 Å². The van der Waals surface area contributed by atoms with Crippen LogP contribution in [0.3, 0.4) is 0 Å². The Balaban J connectivity index is 1.99. The molecule has 0 saturated heterocycles. The minimum atomic E-state index is -0.444. The van der Waals surface area contributed by atoms with Crippen molar-refractivity contribution in [2.45, 2.75) is 0 Å². The van der Waals surface area contributed by atoms with E-state index in [4.69, 9.17) is 22.2 Å². The fourth-order valence-electron chi connectivity index (χ4n) is 1.65. The van der Waals surface area contributed by atoms with Crippen LogP contribution in [0.5, 0.6) is 5.75 Å². The van der Waals surface area contributed by atoms with Gasteiger partial charge in [0.25, 0.3) is 11.8 Å². The van der Waals surface area contributed by atoms with E-state index in [-0.39, 0.29) is 12.5 Å². The molecular formula is C15H14ClN3O3. The second kappa shape index (κ2) is 7.44. The summed E-state index contributed by atoms with van der Waals surface area (Å²) in [5.41, 5.74) is 2.93. The van der Waals surface area contributed by atoms with E-state index in [2.05, 4.69) is 5.32 Å². The molecule has 0 aliphatic heterocycles. The van der Waals surface area contributed by atoms with Crippen molar-refractivity contribution in [1.29, 1.82) is 0 Å². The predicted octanol–water partition coefficient (Wildman–Crippen LogP) is 1.96. The van der Waals surface area contributed by atoms with Crippen molar-refractivity contribution in [2.75, 3.05) is 11.9 Å². The Labute approximate surface area is 132 Å². The van der Waals surface area contributed by atoms with Crippen LogP contribution >= 0.6 is 11.6 Å². The van der Waals surface area contributed by atoms with Gasteiger partial charge in [0.15, 0.2) is 6.61 Å². The zero-order chi connectivity index (χ0) is 15.9. The zero-order valence-electron chi connectivity index (χ0n) is 11.5. The number of rotatable bonds is 5. The topological polar surface area (TPSA) is 93.4 Å². The highest BCUT2D eigenvalue weighted by atomic mass is 35.5. The molecule has 2 rings (SSSR count). The van der Waals surface area contributed by atoms with Gasteiger partial charge in [0.05, 0.1) is 10.7 Å². The second-order valence-electron chi connectivity index (χ2n) is 4.31. The van der Waals surface area contributed by atoms with Gasteiger partial charge < -0.3 is 10.1 Å². The van der Waals surface area contributed by atoms with Crippen molar-refractivity contribution >= 4 is 29.1 Å². The number of benzene rings is 2. The summed E-state index contributed by atoms with van der Waals surface area (Å²) in [6.45, 7) is -0.193. The molecule has 6 nitrogen and oxygen atoms in total. The Kier molecular flexibility index (Phi) is 5.35. The summed E-state index contributed by atoms with van der Waals surface area (Å²) in [6, 6.07) is 13.3. The van der Waals surface area contributed by atoms with Gasteiger partial charge in [0.2, 0.25) is 0 Å². The first-order chi connectivity index (χ1) is 10.6. The van der Waals surface area contributed by atoms with Crippen LogP contribution in [-0.2, 0) is 4.79 Å². The van der Waals surface area contributed by atoms with Crippen LogP contribution < -0.4 is 21.3 Å². The average Bonchev–Trinajstić information content (AvgIpc) is 2.55. The van der Waals surface area contributed by atoms with E-state index in [0.717, 1.165) is 0 Å². The van der Waals surface area contributed by atoms with Crippen LogP contribution in [0.2, 0.25) is 5.02 Å². The van der Waals surface area contributed by atoms with Crippen molar-refractivity contribution in [1.82, 2.24) is 5.43 Å². The van der Waals surface area contributed by atoms with E-state index >= 15 is 0 Å². The lowest BCUT2D eigenvalue weighted by Crippen LogP contribution is -2.34. The van der Waals surface area contributed by atoms with Crippen molar-refractivity contribution < 1.29 is 14.3 Å². The molecule has 2 aromatic rings. The third kappa shape index (κ3) is 4.21. The Hall–Kier alpha value is -2.57. The molecule has 0 radical (unpaired) electrons. The van der Waals surface area contributed by atoms with Gasteiger partial charge in [0.1, 0.15) is 5.75 Å². The number of ether oxygens (including phenoxy) is 1. The highest BCUT2D eigenvalue weighted by Crippen LogP contribution is 2.21. The normalized spacial score (nSPS) is 9.91. The van der Waals surface area contributed by atoms with E-state index in [1.54, 1.807) is 48.5 Å². The number of amides is 2.